The zero-order chi connectivity index (χ0) is 24.8. The summed E-state index contributed by atoms with van der Waals surface area (Å²) in [6, 6.07) is 13.2. The number of carbonyl (C=O) groups excluding carboxylic acids is 2. The van der Waals surface area contributed by atoms with Crippen LogP contribution in [-0.2, 0) is 26.2 Å². The van der Waals surface area contributed by atoms with Gasteiger partial charge in [-0.05, 0) is 55.2 Å². The molecule has 2 aromatic carbocycles. The molecule has 0 spiro atoms. The van der Waals surface area contributed by atoms with Gasteiger partial charge in [0, 0.05) is 18.1 Å². The molecular formula is C24H32ClN3O4S. The van der Waals surface area contributed by atoms with Crippen molar-refractivity contribution in [3.63, 3.8) is 0 Å². The maximum absolute atomic E-state index is 13.4. The van der Waals surface area contributed by atoms with Crippen LogP contribution in [0.1, 0.15) is 44.7 Å². The topological polar surface area (TPSA) is 86.8 Å². The first-order chi connectivity index (χ1) is 15.4. The van der Waals surface area contributed by atoms with Gasteiger partial charge in [-0.3, -0.25) is 13.9 Å². The number of nitrogens with zero attached hydrogens (tertiary/aromatic N) is 2. The normalized spacial score (nSPS) is 12.3. The van der Waals surface area contributed by atoms with Gasteiger partial charge in [0.25, 0.3) is 0 Å². The van der Waals surface area contributed by atoms with Crippen molar-refractivity contribution in [2.24, 2.45) is 0 Å². The molecule has 1 atom stereocenters. The smallest absolute Gasteiger partial charge is 0.244 e. The van der Waals surface area contributed by atoms with E-state index in [9.17, 15) is 18.0 Å². The van der Waals surface area contributed by atoms with Crippen LogP contribution in [0.4, 0.5) is 5.69 Å². The van der Waals surface area contributed by atoms with Crippen molar-refractivity contribution in [2.75, 3.05) is 23.7 Å². The number of hydrogen-bond acceptors (Lipinski definition) is 4. The van der Waals surface area contributed by atoms with Crippen LogP contribution in [0.15, 0.2) is 48.5 Å². The highest BCUT2D eigenvalue weighted by Gasteiger charge is 2.29. The van der Waals surface area contributed by atoms with E-state index in [-0.39, 0.29) is 12.5 Å². The third kappa shape index (κ3) is 7.47. The predicted molar refractivity (Wildman–Crippen MR) is 133 cm³/mol. The molecular weight excluding hydrogens is 462 g/mol. The van der Waals surface area contributed by atoms with Crippen molar-refractivity contribution >= 4 is 39.1 Å². The van der Waals surface area contributed by atoms with Crippen LogP contribution in [0.3, 0.4) is 0 Å². The fourth-order valence-electron chi connectivity index (χ4n) is 3.33. The van der Waals surface area contributed by atoms with Gasteiger partial charge < -0.3 is 10.2 Å². The molecule has 0 aliphatic heterocycles. The number of likely N-dealkylation sites (N-methyl/N-ethyl adjacent to an activating group) is 1. The average Bonchev–Trinajstić information content (AvgIpc) is 2.76. The monoisotopic (exact) mass is 493 g/mol. The Balaban J connectivity index is 2.36. The Morgan fingerprint density at radius 1 is 1.00 bits per heavy atom. The highest BCUT2D eigenvalue weighted by molar-refractivity contribution is 7.92. The van der Waals surface area contributed by atoms with Crippen molar-refractivity contribution in [3.05, 3.63) is 64.7 Å². The molecule has 0 aromatic heterocycles. The van der Waals surface area contributed by atoms with Gasteiger partial charge in [-0.25, -0.2) is 8.42 Å². The fourth-order valence-corrected chi connectivity index (χ4v) is 4.31. The standard InChI is InChI=1S/C24H32ClN3O4S/c1-6-26-24(30)18(4)27(15-19-7-11-21(25)12-8-19)23(29)16-28(33(5,31)32)22-13-9-20(10-14-22)17(2)3/h7-14,17-18H,6,15-16H2,1-5H3,(H,26,30)/t18-/m1/s1. The Morgan fingerprint density at radius 3 is 2.06 bits per heavy atom. The SMILES string of the molecule is CCNC(=O)[C@@H](C)N(Cc1ccc(Cl)cc1)C(=O)CN(c1ccc(C(C)C)cc1)S(C)(=O)=O. The molecule has 1 N–H and O–H groups in total. The highest BCUT2D eigenvalue weighted by atomic mass is 35.5. The summed E-state index contributed by atoms with van der Waals surface area (Å²) in [5, 5.41) is 3.28. The number of rotatable bonds is 10. The first-order valence-electron chi connectivity index (χ1n) is 10.8. The van der Waals surface area contributed by atoms with Gasteiger partial charge in [0.1, 0.15) is 12.6 Å². The molecule has 0 heterocycles. The van der Waals surface area contributed by atoms with Gasteiger partial charge in [-0.1, -0.05) is 49.7 Å². The molecule has 7 nitrogen and oxygen atoms in total. The van der Waals surface area contributed by atoms with Crippen LogP contribution in [0.2, 0.25) is 5.02 Å². The Labute approximate surface area is 201 Å². The number of halogens is 1. The molecule has 0 saturated heterocycles. The van der Waals surface area contributed by atoms with Gasteiger partial charge >= 0.3 is 0 Å². The molecule has 0 bridgehead atoms. The van der Waals surface area contributed by atoms with Gasteiger partial charge in [0.15, 0.2) is 0 Å². The summed E-state index contributed by atoms with van der Waals surface area (Å²) in [5.41, 5.74) is 2.23. The lowest BCUT2D eigenvalue weighted by Gasteiger charge is -2.31. The van der Waals surface area contributed by atoms with Crippen molar-refractivity contribution in [2.45, 2.75) is 46.2 Å². The first-order valence-corrected chi connectivity index (χ1v) is 13.1. The van der Waals surface area contributed by atoms with Crippen LogP contribution in [0.25, 0.3) is 0 Å². The van der Waals surface area contributed by atoms with Gasteiger partial charge in [-0.2, -0.15) is 0 Å². The van der Waals surface area contributed by atoms with Crippen LogP contribution in [0, 0.1) is 0 Å². The number of carbonyl (C=O) groups is 2. The summed E-state index contributed by atoms with van der Waals surface area (Å²) < 4.78 is 26.2. The van der Waals surface area contributed by atoms with Crippen LogP contribution in [0.5, 0.6) is 0 Å². The number of amides is 2. The van der Waals surface area contributed by atoms with E-state index in [1.807, 2.05) is 26.0 Å². The summed E-state index contributed by atoms with van der Waals surface area (Å²) in [5.74, 6) is -0.505. The van der Waals surface area contributed by atoms with Crippen molar-refractivity contribution in [1.82, 2.24) is 10.2 Å². The second-order valence-corrected chi connectivity index (χ2v) is 10.6. The molecule has 0 fully saturated rings. The molecule has 0 saturated carbocycles. The van der Waals surface area contributed by atoms with E-state index in [1.165, 1.54) is 4.90 Å². The Kier molecular flexibility index (Phi) is 9.31. The zero-order valence-electron chi connectivity index (χ0n) is 19.7. The number of nitrogens with one attached hydrogen (secondary N) is 1. The van der Waals surface area contributed by atoms with Crippen molar-refractivity contribution in [1.29, 1.82) is 0 Å². The van der Waals surface area contributed by atoms with E-state index in [1.54, 1.807) is 50.2 Å². The molecule has 0 aliphatic rings. The molecule has 180 valence electrons. The maximum atomic E-state index is 13.4. The molecule has 9 heteroatoms. The molecule has 0 unspecified atom stereocenters. The second-order valence-electron chi connectivity index (χ2n) is 8.23. The third-order valence-electron chi connectivity index (χ3n) is 5.31. The summed E-state index contributed by atoms with van der Waals surface area (Å²) in [6.45, 7) is 7.65. The molecule has 2 aromatic rings. The van der Waals surface area contributed by atoms with Gasteiger partial charge in [0.05, 0.1) is 11.9 Å². The van der Waals surface area contributed by atoms with Crippen LogP contribution >= 0.6 is 11.6 Å². The number of hydrogen-bond donors (Lipinski definition) is 1. The third-order valence-corrected chi connectivity index (χ3v) is 6.70. The van der Waals surface area contributed by atoms with Gasteiger partial charge in [0.2, 0.25) is 21.8 Å². The number of benzene rings is 2. The predicted octanol–water partition coefficient (Wildman–Crippen LogP) is 3.78. The molecule has 2 rings (SSSR count). The lowest BCUT2D eigenvalue weighted by atomic mass is 10.0. The van der Waals surface area contributed by atoms with E-state index >= 15 is 0 Å². The Hall–Kier alpha value is -2.58. The van der Waals surface area contributed by atoms with E-state index in [2.05, 4.69) is 5.32 Å². The summed E-state index contributed by atoms with van der Waals surface area (Å²) >= 11 is 5.96. The molecule has 0 radical (unpaired) electrons. The van der Waals surface area contributed by atoms with Crippen LogP contribution in [-0.4, -0.2) is 50.5 Å². The summed E-state index contributed by atoms with van der Waals surface area (Å²) in [4.78, 5) is 27.3. The van der Waals surface area contributed by atoms with E-state index in [0.29, 0.717) is 23.2 Å². The minimum atomic E-state index is -3.75. The average molecular weight is 494 g/mol. The lowest BCUT2D eigenvalue weighted by molar-refractivity contribution is -0.139. The van der Waals surface area contributed by atoms with Crippen molar-refractivity contribution < 1.29 is 18.0 Å². The molecule has 0 aliphatic carbocycles. The Bertz CT molecular complexity index is 1050. The highest BCUT2D eigenvalue weighted by Crippen LogP contribution is 2.23. The zero-order valence-corrected chi connectivity index (χ0v) is 21.3. The summed E-state index contributed by atoms with van der Waals surface area (Å²) in [7, 11) is -3.75. The van der Waals surface area contributed by atoms with Crippen LogP contribution < -0.4 is 9.62 Å². The number of anilines is 1. The maximum Gasteiger partial charge on any atom is 0.244 e. The van der Waals surface area contributed by atoms with E-state index in [4.69, 9.17) is 11.6 Å². The first kappa shape index (κ1) is 26.7. The molecule has 2 amide bonds. The van der Waals surface area contributed by atoms with E-state index in [0.717, 1.165) is 21.7 Å². The quantitative estimate of drug-likeness (QED) is 0.545. The summed E-state index contributed by atoms with van der Waals surface area (Å²) in [6.07, 6.45) is 1.06. The minimum Gasteiger partial charge on any atom is -0.355 e. The van der Waals surface area contributed by atoms with Crippen molar-refractivity contribution in [3.8, 4) is 0 Å². The lowest BCUT2D eigenvalue weighted by Crippen LogP contribution is -2.51. The second kappa shape index (κ2) is 11.5. The van der Waals surface area contributed by atoms with E-state index < -0.39 is 28.5 Å². The Morgan fingerprint density at radius 2 is 1.58 bits per heavy atom. The largest absolute Gasteiger partial charge is 0.355 e. The minimum absolute atomic E-state index is 0.137. The fraction of sp³-hybridized carbons (Fsp3) is 0.417. The molecule has 33 heavy (non-hydrogen) atoms. The van der Waals surface area contributed by atoms with Gasteiger partial charge in [-0.15, -0.1) is 0 Å². The number of sulfonamides is 1.